The van der Waals surface area contributed by atoms with Crippen LogP contribution in [0.5, 0.6) is 0 Å². The first-order valence-electron chi connectivity index (χ1n) is 9.99. The van der Waals surface area contributed by atoms with Crippen molar-refractivity contribution in [2.24, 2.45) is 0 Å². The molecule has 0 atom stereocenters. The smallest absolute Gasteiger partial charge is 0.0465 e. The van der Waals surface area contributed by atoms with Gasteiger partial charge in [-0.15, -0.1) is 0 Å². The summed E-state index contributed by atoms with van der Waals surface area (Å²) in [4.78, 5) is 0. The van der Waals surface area contributed by atoms with Gasteiger partial charge in [0.1, 0.15) is 0 Å². The van der Waals surface area contributed by atoms with Crippen molar-refractivity contribution in [3.05, 3.63) is 18.6 Å². The highest BCUT2D eigenvalue weighted by atomic mass is 16.2. The average molecular weight is 310 g/mol. The molecule has 0 aromatic carbocycles. The predicted molar refractivity (Wildman–Crippen MR) is 100 cm³/mol. The van der Waals surface area contributed by atoms with Gasteiger partial charge in [-0.1, -0.05) is 103 Å². The fraction of sp³-hybridized carbons (Fsp3) is 0.857. The van der Waals surface area contributed by atoms with E-state index in [4.69, 9.17) is 5.11 Å². The van der Waals surface area contributed by atoms with Crippen molar-refractivity contribution in [3.8, 4) is 0 Å². The van der Waals surface area contributed by atoms with Crippen LogP contribution in [0.2, 0.25) is 0 Å². The van der Waals surface area contributed by atoms with Crippen molar-refractivity contribution in [2.45, 2.75) is 110 Å². The fourth-order valence-electron chi connectivity index (χ4n) is 2.80. The van der Waals surface area contributed by atoms with E-state index in [1.54, 1.807) is 0 Å². The third-order valence-corrected chi connectivity index (χ3v) is 4.23. The van der Waals surface area contributed by atoms with Gasteiger partial charge in [0.25, 0.3) is 0 Å². The van der Waals surface area contributed by atoms with Gasteiger partial charge in [-0.2, -0.15) is 0 Å². The molecule has 0 aliphatic rings. The molecule has 1 radical (unpaired) electrons. The van der Waals surface area contributed by atoms with Gasteiger partial charge in [0, 0.05) is 6.61 Å². The van der Waals surface area contributed by atoms with E-state index in [1.165, 1.54) is 96.3 Å². The van der Waals surface area contributed by atoms with Gasteiger partial charge >= 0.3 is 0 Å². The highest BCUT2D eigenvalue weighted by Crippen LogP contribution is 2.13. The van der Waals surface area contributed by atoms with Gasteiger partial charge in [-0.3, -0.25) is 0 Å². The van der Waals surface area contributed by atoms with E-state index in [2.05, 4.69) is 25.5 Å². The second-order valence-corrected chi connectivity index (χ2v) is 6.53. The number of unbranched alkanes of at least 4 members (excludes halogenated alkanes) is 15. The highest BCUT2D eigenvalue weighted by molar-refractivity contribution is 4.80. The lowest BCUT2D eigenvalue weighted by Gasteiger charge is -2.03. The molecule has 0 spiro atoms. The fourth-order valence-corrected chi connectivity index (χ4v) is 2.80. The second kappa shape index (κ2) is 20.7. The van der Waals surface area contributed by atoms with Gasteiger partial charge in [-0.25, -0.2) is 0 Å². The van der Waals surface area contributed by atoms with Crippen LogP contribution in [-0.2, 0) is 0 Å². The minimum Gasteiger partial charge on any atom is -0.396 e. The summed E-state index contributed by atoms with van der Waals surface area (Å²) in [7, 11) is 0. The van der Waals surface area contributed by atoms with E-state index in [-0.39, 0.29) is 6.61 Å². The maximum Gasteiger partial charge on any atom is 0.0465 e. The Kier molecular flexibility index (Phi) is 20.4. The van der Waals surface area contributed by atoms with Crippen LogP contribution < -0.4 is 0 Å². The molecule has 1 heteroatoms. The van der Waals surface area contributed by atoms with Crippen molar-refractivity contribution in [3.63, 3.8) is 0 Å². The monoisotopic (exact) mass is 309 g/mol. The van der Waals surface area contributed by atoms with Crippen LogP contribution in [-0.4, -0.2) is 11.7 Å². The summed E-state index contributed by atoms with van der Waals surface area (Å²) < 4.78 is 0. The molecule has 0 aliphatic heterocycles. The third kappa shape index (κ3) is 19.7. The number of rotatable bonds is 18. The first-order chi connectivity index (χ1) is 10.9. The van der Waals surface area contributed by atoms with E-state index in [9.17, 15) is 0 Å². The summed E-state index contributed by atoms with van der Waals surface area (Å²) in [6.45, 7) is 2.54. The van der Waals surface area contributed by atoms with E-state index >= 15 is 0 Å². The van der Waals surface area contributed by atoms with Gasteiger partial charge in [0.15, 0.2) is 0 Å². The molecule has 0 aromatic rings. The Balaban J connectivity index is 2.97. The molecule has 0 fully saturated rings. The van der Waals surface area contributed by atoms with Gasteiger partial charge in [0.2, 0.25) is 0 Å². The number of hydrogen-bond donors (Lipinski definition) is 1. The lowest BCUT2D eigenvalue weighted by atomic mass is 10.0. The minimum atomic E-state index is 0.286. The Bertz CT molecular complexity index is 210. The first-order valence-corrected chi connectivity index (χ1v) is 9.99. The number of hydrogen-bond acceptors (Lipinski definition) is 1. The Morgan fingerprint density at radius 3 is 1.50 bits per heavy atom. The van der Waals surface area contributed by atoms with Crippen LogP contribution in [0, 0.1) is 6.42 Å². The Labute approximate surface area is 140 Å². The second-order valence-electron chi connectivity index (χ2n) is 6.53. The summed E-state index contributed by atoms with van der Waals surface area (Å²) in [5.41, 5.74) is 0. The van der Waals surface area contributed by atoms with Crippen LogP contribution in [0.4, 0.5) is 0 Å². The zero-order valence-corrected chi connectivity index (χ0v) is 15.2. The molecule has 0 amide bonds. The van der Waals surface area contributed by atoms with Crippen LogP contribution in [0.3, 0.4) is 0 Å². The molecule has 131 valence electrons. The van der Waals surface area contributed by atoms with E-state index in [0.29, 0.717) is 0 Å². The summed E-state index contributed by atoms with van der Waals surface area (Å²) in [6, 6.07) is 0. The van der Waals surface area contributed by atoms with E-state index < -0.39 is 0 Å². The summed E-state index contributed by atoms with van der Waals surface area (Å²) >= 11 is 0. The molecule has 22 heavy (non-hydrogen) atoms. The molecule has 0 rings (SSSR count). The molecule has 0 unspecified atom stereocenters. The van der Waals surface area contributed by atoms with Crippen LogP contribution >= 0.6 is 0 Å². The van der Waals surface area contributed by atoms with Crippen molar-refractivity contribution >= 4 is 0 Å². The number of aliphatic hydroxyl groups is 1. The van der Waals surface area contributed by atoms with Crippen molar-refractivity contribution in [1.82, 2.24) is 0 Å². The van der Waals surface area contributed by atoms with Crippen LogP contribution in [0.15, 0.2) is 12.2 Å². The maximum atomic E-state index is 8.65. The topological polar surface area (TPSA) is 20.2 Å². The maximum absolute atomic E-state index is 8.65. The molecule has 0 aromatic heterocycles. The summed E-state index contributed by atoms with van der Waals surface area (Å²) in [6.07, 6.45) is 28.3. The molecule has 0 bridgehead atoms. The average Bonchev–Trinajstić information content (AvgIpc) is 2.54. The predicted octanol–water partition coefficient (Wildman–Crippen LogP) is 7.00. The van der Waals surface area contributed by atoms with Crippen molar-refractivity contribution in [1.29, 1.82) is 0 Å². The lowest BCUT2D eigenvalue weighted by molar-refractivity contribution is 0.302. The molecule has 1 nitrogen and oxygen atoms in total. The summed E-state index contributed by atoms with van der Waals surface area (Å²) in [5.74, 6) is 0. The molecular weight excluding hydrogens is 268 g/mol. The Morgan fingerprint density at radius 2 is 1.00 bits per heavy atom. The standard InChI is InChI=1S/C21H41O/c1-2-3-4-5-6-7-8-9-10-11-12-13-14-15-16-17-18-19-20-21-22/h4,18-19,22H,2-3,5-17,20-21H2,1H3. The zero-order valence-electron chi connectivity index (χ0n) is 15.2. The van der Waals surface area contributed by atoms with Crippen LogP contribution in [0.25, 0.3) is 0 Å². The normalized spacial score (nSPS) is 11.5. The molecule has 1 N–H and O–H groups in total. The molecule has 0 aliphatic carbocycles. The van der Waals surface area contributed by atoms with Crippen molar-refractivity contribution < 1.29 is 5.11 Å². The van der Waals surface area contributed by atoms with Crippen LogP contribution in [0.1, 0.15) is 110 Å². The number of aliphatic hydroxyl groups excluding tert-OH is 1. The quantitative estimate of drug-likeness (QED) is 0.213. The van der Waals surface area contributed by atoms with E-state index in [1.807, 2.05) is 0 Å². The zero-order chi connectivity index (χ0) is 16.1. The van der Waals surface area contributed by atoms with Gasteiger partial charge < -0.3 is 5.11 Å². The molecule has 0 heterocycles. The Hall–Kier alpha value is -0.300. The molecule has 0 saturated heterocycles. The SMILES string of the molecule is CCC[CH]CCCCCCCCCCCCCC=CCCO. The largest absolute Gasteiger partial charge is 0.396 e. The van der Waals surface area contributed by atoms with E-state index in [0.717, 1.165) is 6.42 Å². The Morgan fingerprint density at radius 1 is 0.545 bits per heavy atom. The minimum absolute atomic E-state index is 0.286. The highest BCUT2D eigenvalue weighted by Gasteiger charge is 1.94. The van der Waals surface area contributed by atoms with Crippen molar-refractivity contribution in [2.75, 3.05) is 6.61 Å². The van der Waals surface area contributed by atoms with Gasteiger partial charge in [-0.05, 0) is 25.7 Å². The summed E-state index contributed by atoms with van der Waals surface area (Å²) in [5, 5.41) is 8.65. The third-order valence-electron chi connectivity index (χ3n) is 4.23. The molecular formula is C21H41O. The first kappa shape index (κ1) is 21.7. The molecule has 0 saturated carbocycles. The van der Waals surface area contributed by atoms with Gasteiger partial charge in [0.05, 0.1) is 0 Å². The number of allylic oxidation sites excluding steroid dienone is 1. The lowest BCUT2D eigenvalue weighted by Crippen LogP contribution is -1.83.